The van der Waals surface area contributed by atoms with Crippen LogP contribution in [0.4, 0.5) is 11.4 Å². The summed E-state index contributed by atoms with van der Waals surface area (Å²) in [6.07, 6.45) is 0. The van der Waals surface area contributed by atoms with Crippen LogP contribution in [0.2, 0.25) is 5.02 Å². The number of nitrogens with zero attached hydrogens (tertiary/aromatic N) is 1. The summed E-state index contributed by atoms with van der Waals surface area (Å²) in [6.45, 7) is -0.0522. The third-order valence-electron chi connectivity index (χ3n) is 2.83. The molecular weight excluding hydrogens is 288 g/mol. The molecule has 4 nitrogen and oxygen atoms in total. The molecule has 0 fully saturated rings. The molecule has 0 aromatic heterocycles. The second kappa shape index (κ2) is 6.99. The zero-order valence-corrected chi connectivity index (χ0v) is 12.7. The van der Waals surface area contributed by atoms with Gasteiger partial charge in [-0.2, -0.15) is 0 Å². The first-order valence-corrected chi connectivity index (χ1v) is 6.88. The number of carbonyl (C=O) groups is 1. The van der Waals surface area contributed by atoms with Gasteiger partial charge in [0, 0.05) is 19.1 Å². The first-order chi connectivity index (χ1) is 10.1. The molecule has 110 valence electrons. The third kappa shape index (κ3) is 4.39. The zero-order valence-electron chi connectivity index (χ0n) is 12.0. The fraction of sp³-hybridized carbons (Fsp3) is 0.188. The Balaban J connectivity index is 2.01. The highest BCUT2D eigenvalue weighted by Gasteiger charge is 2.10. The van der Waals surface area contributed by atoms with E-state index in [0.29, 0.717) is 16.5 Å². The number of halogens is 1. The Kier molecular flexibility index (Phi) is 5.06. The normalized spacial score (nSPS) is 10.0. The predicted octanol–water partition coefficient (Wildman–Crippen LogP) is 3.42. The van der Waals surface area contributed by atoms with Crippen LogP contribution < -0.4 is 15.0 Å². The summed E-state index contributed by atoms with van der Waals surface area (Å²) in [5.41, 5.74) is 1.54. The first kappa shape index (κ1) is 15.2. The van der Waals surface area contributed by atoms with Crippen LogP contribution in [0.3, 0.4) is 0 Å². The van der Waals surface area contributed by atoms with E-state index >= 15 is 0 Å². The van der Waals surface area contributed by atoms with Crippen molar-refractivity contribution in [2.75, 3.05) is 30.9 Å². The van der Waals surface area contributed by atoms with E-state index in [4.69, 9.17) is 16.3 Å². The van der Waals surface area contributed by atoms with Crippen LogP contribution in [0.25, 0.3) is 0 Å². The molecule has 0 saturated heterocycles. The van der Waals surface area contributed by atoms with Crippen LogP contribution >= 0.6 is 11.6 Å². The van der Waals surface area contributed by atoms with Crippen molar-refractivity contribution < 1.29 is 9.53 Å². The van der Waals surface area contributed by atoms with Crippen molar-refractivity contribution in [2.45, 2.75) is 0 Å². The van der Waals surface area contributed by atoms with E-state index in [-0.39, 0.29) is 12.5 Å². The van der Waals surface area contributed by atoms with E-state index in [9.17, 15) is 4.79 Å². The second-order valence-electron chi connectivity index (χ2n) is 4.71. The van der Waals surface area contributed by atoms with Crippen LogP contribution in [0, 0.1) is 0 Å². The molecule has 0 bridgehead atoms. The topological polar surface area (TPSA) is 41.6 Å². The van der Waals surface area contributed by atoms with E-state index in [2.05, 4.69) is 5.32 Å². The van der Waals surface area contributed by atoms with E-state index in [0.717, 1.165) is 5.69 Å². The van der Waals surface area contributed by atoms with Gasteiger partial charge in [-0.15, -0.1) is 0 Å². The molecular formula is C16H17ClN2O2. The molecule has 2 aromatic carbocycles. The Labute approximate surface area is 129 Å². The number of para-hydroxylation sites is 1. The number of benzene rings is 2. The van der Waals surface area contributed by atoms with Gasteiger partial charge >= 0.3 is 0 Å². The summed E-state index contributed by atoms with van der Waals surface area (Å²) in [7, 11) is 3.80. The van der Waals surface area contributed by atoms with Crippen molar-refractivity contribution in [1.29, 1.82) is 0 Å². The standard InChI is InChI=1S/C16H17ClN2O2/c1-19(2)15-9-8-12(17)10-14(15)18-16(20)11-21-13-6-4-3-5-7-13/h3-10H,11H2,1-2H3,(H,18,20). The summed E-state index contributed by atoms with van der Waals surface area (Å²) in [5, 5.41) is 3.38. The van der Waals surface area contributed by atoms with Gasteiger partial charge in [0.2, 0.25) is 0 Å². The van der Waals surface area contributed by atoms with Crippen LogP contribution in [0.5, 0.6) is 5.75 Å². The zero-order chi connectivity index (χ0) is 15.2. The summed E-state index contributed by atoms with van der Waals surface area (Å²) in [4.78, 5) is 13.9. The molecule has 1 N–H and O–H groups in total. The van der Waals surface area contributed by atoms with Crippen molar-refractivity contribution in [1.82, 2.24) is 0 Å². The molecule has 0 aliphatic heterocycles. The molecule has 0 unspecified atom stereocenters. The summed E-state index contributed by atoms with van der Waals surface area (Å²) in [5.74, 6) is 0.427. The van der Waals surface area contributed by atoms with Crippen molar-refractivity contribution in [3.05, 3.63) is 53.6 Å². The molecule has 0 radical (unpaired) electrons. The molecule has 0 aliphatic carbocycles. The summed E-state index contributed by atoms with van der Waals surface area (Å²) in [6, 6.07) is 14.6. The van der Waals surface area contributed by atoms with Gasteiger partial charge in [0.15, 0.2) is 6.61 Å². The van der Waals surface area contributed by atoms with Crippen molar-refractivity contribution in [3.8, 4) is 5.75 Å². The molecule has 0 saturated carbocycles. The molecule has 2 rings (SSSR count). The number of carbonyl (C=O) groups excluding carboxylic acids is 1. The fourth-order valence-electron chi connectivity index (χ4n) is 1.85. The number of anilines is 2. The molecule has 0 heterocycles. The molecule has 0 spiro atoms. The number of hydrogen-bond acceptors (Lipinski definition) is 3. The molecule has 5 heteroatoms. The third-order valence-corrected chi connectivity index (χ3v) is 3.06. The maximum Gasteiger partial charge on any atom is 0.262 e. The quantitative estimate of drug-likeness (QED) is 0.920. The van der Waals surface area contributed by atoms with Gasteiger partial charge in [0.1, 0.15) is 5.75 Å². The Bertz CT molecular complexity index is 615. The van der Waals surface area contributed by atoms with Gasteiger partial charge in [-0.1, -0.05) is 29.8 Å². The van der Waals surface area contributed by atoms with Crippen molar-refractivity contribution in [3.63, 3.8) is 0 Å². The van der Waals surface area contributed by atoms with Crippen molar-refractivity contribution >= 4 is 28.9 Å². The average molecular weight is 305 g/mol. The molecule has 2 aromatic rings. The minimum atomic E-state index is -0.232. The summed E-state index contributed by atoms with van der Waals surface area (Å²) < 4.78 is 5.41. The fourth-order valence-corrected chi connectivity index (χ4v) is 2.02. The van der Waals surface area contributed by atoms with Gasteiger partial charge in [0.25, 0.3) is 5.91 Å². The highest BCUT2D eigenvalue weighted by Crippen LogP contribution is 2.27. The number of nitrogens with one attached hydrogen (secondary N) is 1. The van der Waals surface area contributed by atoms with E-state index in [1.54, 1.807) is 24.3 Å². The summed E-state index contributed by atoms with van der Waals surface area (Å²) >= 11 is 5.98. The Morgan fingerprint density at radius 2 is 1.90 bits per heavy atom. The van der Waals surface area contributed by atoms with Crippen LogP contribution in [0.15, 0.2) is 48.5 Å². The Morgan fingerprint density at radius 3 is 2.57 bits per heavy atom. The van der Waals surface area contributed by atoms with E-state index in [1.807, 2.05) is 43.3 Å². The van der Waals surface area contributed by atoms with Crippen LogP contribution in [-0.4, -0.2) is 26.6 Å². The van der Waals surface area contributed by atoms with Crippen LogP contribution in [-0.2, 0) is 4.79 Å². The predicted molar refractivity (Wildman–Crippen MR) is 86.3 cm³/mol. The molecule has 0 atom stereocenters. The highest BCUT2D eigenvalue weighted by atomic mass is 35.5. The Morgan fingerprint density at radius 1 is 1.19 bits per heavy atom. The minimum Gasteiger partial charge on any atom is -0.484 e. The lowest BCUT2D eigenvalue weighted by atomic mass is 10.2. The monoisotopic (exact) mass is 304 g/mol. The van der Waals surface area contributed by atoms with E-state index in [1.165, 1.54) is 0 Å². The number of amides is 1. The van der Waals surface area contributed by atoms with Crippen molar-refractivity contribution in [2.24, 2.45) is 0 Å². The second-order valence-corrected chi connectivity index (χ2v) is 5.14. The highest BCUT2D eigenvalue weighted by molar-refractivity contribution is 6.31. The van der Waals surface area contributed by atoms with Crippen LogP contribution in [0.1, 0.15) is 0 Å². The largest absolute Gasteiger partial charge is 0.484 e. The van der Waals surface area contributed by atoms with Gasteiger partial charge in [-0.3, -0.25) is 4.79 Å². The molecule has 1 amide bonds. The Hall–Kier alpha value is -2.20. The number of ether oxygens (including phenoxy) is 1. The molecule has 0 aliphatic rings. The van der Waals surface area contributed by atoms with Gasteiger partial charge < -0.3 is 15.0 Å². The first-order valence-electron chi connectivity index (χ1n) is 6.51. The minimum absolute atomic E-state index is 0.0522. The molecule has 21 heavy (non-hydrogen) atoms. The number of rotatable bonds is 5. The average Bonchev–Trinajstić information content (AvgIpc) is 2.46. The lowest BCUT2D eigenvalue weighted by Crippen LogP contribution is -2.22. The SMILES string of the molecule is CN(C)c1ccc(Cl)cc1NC(=O)COc1ccccc1. The lowest BCUT2D eigenvalue weighted by molar-refractivity contribution is -0.118. The van der Waals surface area contributed by atoms with E-state index < -0.39 is 0 Å². The van der Waals surface area contributed by atoms with Gasteiger partial charge in [0.05, 0.1) is 11.4 Å². The smallest absolute Gasteiger partial charge is 0.262 e. The van der Waals surface area contributed by atoms with Gasteiger partial charge in [-0.05, 0) is 30.3 Å². The lowest BCUT2D eigenvalue weighted by Gasteiger charge is -2.18. The maximum atomic E-state index is 12.0. The maximum absolute atomic E-state index is 12.0. The number of hydrogen-bond donors (Lipinski definition) is 1. The van der Waals surface area contributed by atoms with Gasteiger partial charge in [-0.25, -0.2) is 0 Å².